The third-order valence-corrected chi connectivity index (χ3v) is 2.66. The summed E-state index contributed by atoms with van der Waals surface area (Å²) in [7, 11) is 0. The van der Waals surface area contributed by atoms with E-state index in [0.29, 0.717) is 11.1 Å². The van der Waals surface area contributed by atoms with Crippen LogP contribution in [0.15, 0.2) is 33.7 Å². The number of thiocarbonyl (C=S) groups is 1. The Morgan fingerprint density at radius 2 is 2.27 bits per heavy atom. The quantitative estimate of drug-likeness (QED) is 0.679. The molecule has 0 radical (unpaired) electrons. The van der Waals surface area contributed by atoms with Crippen LogP contribution in [0.25, 0.3) is 0 Å². The number of hydrogen-bond donors (Lipinski definition) is 3. The summed E-state index contributed by atoms with van der Waals surface area (Å²) in [6.45, 7) is 0. The van der Waals surface area contributed by atoms with Crippen LogP contribution in [-0.2, 0) is 0 Å². The van der Waals surface area contributed by atoms with Gasteiger partial charge in [-0.05, 0) is 29.9 Å². The van der Waals surface area contributed by atoms with Crippen LogP contribution in [-0.4, -0.2) is 11.1 Å². The third-order valence-electron chi connectivity index (χ3n) is 1.94. The molecule has 0 saturated carbocycles. The lowest BCUT2D eigenvalue weighted by molar-refractivity contribution is 0.660. The zero-order valence-corrected chi connectivity index (χ0v) is 10.1. The molecule has 4 N–H and O–H groups in total. The summed E-state index contributed by atoms with van der Waals surface area (Å²) >= 11 is 8.40. The Bertz CT molecular complexity index is 432. The van der Waals surface area contributed by atoms with Crippen molar-refractivity contribution in [3.05, 3.63) is 34.3 Å². The Morgan fingerprint density at radius 3 is 2.93 bits per heavy atom. The molecule has 0 spiro atoms. The van der Waals surface area contributed by atoms with Gasteiger partial charge in [-0.15, -0.1) is 0 Å². The van der Waals surface area contributed by atoms with Crippen LogP contribution in [0, 0.1) is 0 Å². The predicted molar refractivity (Wildman–Crippen MR) is 67.4 cm³/mol. The Morgan fingerprint density at radius 1 is 1.47 bits per heavy atom. The van der Waals surface area contributed by atoms with Gasteiger partial charge in [-0.1, -0.05) is 28.1 Å². The van der Waals surface area contributed by atoms with Crippen LogP contribution in [0.1, 0.15) is 11.7 Å². The van der Waals surface area contributed by atoms with Crippen LogP contribution >= 0.6 is 28.1 Å². The largest absolute Gasteiger partial charge is 0.370 e. The highest BCUT2D eigenvalue weighted by Gasteiger charge is 2.16. The van der Waals surface area contributed by atoms with Crippen LogP contribution in [0.2, 0.25) is 0 Å². The van der Waals surface area contributed by atoms with Crippen LogP contribution in [0.3, 0.4) is 0 Å². The van der Waals surface area contributed by atoms with E-state index in [1.807, 2.05) is 24.3 Å². The van der Waals surface area contributed by atoms with E-state index < -0.39 is 0 Å². The molecular formula is C9H9BrN4S. The molecule has 0 amide bonds. The SMILES string of the molecule is NC1=N[C@H](c2cccc(Br)c2)NC(=S)N1. The standard InChI is InChI=1S/C9H9BrN4S/c10-6-3-1-2-5(4-6)7-12-8(11)14-9(15)13-7/h1-4,7H,(H4,11,12,13,14,15)/t7-/m0/s1. The molecule has 0 aliphatic carbocycles. The van der Waals surface area contributed by atoms with Gasteiger partial charge >= 0.3 is 0 Å². The van der Waals surface area contributed by atoms with E-state index in [0.717, 1.165) is 10.0 Å². The van der Waals surface area contributed by atoms with Crippen molar-refractivity contribution in [1.82, 2.24) is 10.6 Å². The Hall–Kier alpha value is -1.14. The van der Waals surface area contributed by atoms with E-state index in [9.17, 15) is 0 Å². The normalized spacial score (nSPS) is 20.2. The molecule has 1 aliphatic heterocycles. The average Bonchev–Trinajstić information content (AvgIpc) is 2.16. The zero-order valence-electron chi connectivity index (χ0n) is 7.70. The van der Waals surface area contributed by atoms with Crippen molar-refractivity contribution in [1.29, 1.82) is 0 Å². The van der Waals surface area contributed by atoms with Crippen molar-refractivity contribution in [2.45, 2.75) is 6.17 Å². The van der Waals surface area contributed by atoms with E-state index in [1.165, 1.54) is 0 Å². The molecule has 1 atom stereocenters. The third kappa shape index (κ3) is 2.45. The molecule has 15 heavy (non-hydrogen) atoms. The molecule has 0 unspecified atom stereocenters. The lowest BCUT2D eigenvalue weighted by atomic mass is 10.2. The van der Waals surface area contributed by atoms with Gasteiger partial charge in [-0.3, -0.25) is 0 Å². The number of nitrogens with one attached hydrogen (secondary N) is 2. The number of nitrogens with two attached hydrogens (primary N) is 1. The number of halogens is 1. The first-order valence-corrected chi connectivity index (χ1v) is 5.51. The van der Waals surface area contributed by atoms with Crippen molar-refractivity contribution in [3.63, 3.8) is 0 Å². The van der Waals surface area contributed by atoms with E-state index in [1.54, 1.807) is 0 Å². The second-order valence-electron chi connectivity index (χ2n) is 3.07. The molecule has 0 bridgehead atoms. The minimum Gasteiger partial charge on any atom is -0.370 e. The highest BCUT2D eigenvalue weighted by Crippen LogP contribution is 2.20. The highest BCUT2D eigenvalue weighted by atomic mass is 79.9. The first-order chi connectivity index (χ1) is 7.15. The van der Waals surface area contributed by atoms with Gasteiger partial charge in [0.2, 0.25) is 0 Å². The second kappa shape index (κ2) is 4.16. The molecule has 1 aliphatic rings. The van der Waals surface area contributed by atoms with Gasteiger partial charge in [0.25, 0.3) is 0 Å². The molecule has 6 heteroatoms. The van der Waals surface area contributed by atoms with Crippen LogP contribution in [0.4, 0.5) is 0 Å². The molecule has 0 aromatic heterocycles. The van der Waals surface area contributed by atoms with E-state index in [2.05, 4.69) is 31.6 Å². The number of nitrogens with zero attached hydrogens (tertiary/aromatic N) is 1. The fraction of sp³-hybridized carbons (Fsp3) is 0.111. The molecule has 1 heterocycles. The van der Waals surface area contributed by atoms with Crippen molar-refractivity contribution in [2.24, 2.45) is 10.7 Å². The summed E-state index contributed by atoms with van der Waals surface area (Å²) in [5.74, 6) is 0.337. The Balaban J connectivity index is 2.31. The summed E-state index contributed by atoms with van der Waals surface area (Å²) in [4.78, 5) is 4.21. The lowest BCUT2D eigenvalue weighted by Gasteiger charge is -2.23. The summed E-state index contributed by atoms with van der Waals surface area (Å²) in [5, 5.41) is 6.25. The smallest absolute Gasteiger partial charge is 0.197 e. The maximum Gasteiger partial charge on any atom is 0.197 e. The Labute approximate surface area is 101 Å². The summed E-state index contributed by atoms with van der Waals surface area (Å²) in [6.07, 6.45) is -0.212. The van der Waals surface area contributed by atoms with Gasteiger partial charge in [-0.2, -0.15) is 0 Å². The number of hydrogen-bond acceptors (Lipinski definition) is 3. The molecule has 78 valence electrons. The fourth-order valence-corrected chi connectivity index (χ4v) is 1.95. The zero-order chi connectivity index (χ0) is 10.8. The van der Waals surface area contributed by atoms with Gasteiger partial charge < -0.3 is 16.4 Å². The van der Waals surface area contributed by atoms with Crippen LogP contribution < -0.4 is 16.4 Å². The monoisotopic (exact) mass is 284 g/mol. The molecule has 0 fully saturated rings. The van der Waals surface area contributed by atoms with Crippen molar-refractivity contribution in [3.8, 4) is 0 Å². The van der Waals surface area contributed by atoms with Gasteiger partial charge in [0.1, 0.15) is 6.17 Å². The van der Waals surface area contributed by atoms with Crippen LogP contribution in [0.5, 0.6) is 0 Å². The first-order valence-electron chi connectivity index (χ1n) is 4.31. The molecule has 2 rings (SSSR count). The van der Waals surface area contributed by atoms with E-state index in [4.69, 9.17) is 18.0 Å². The summed E-state index contributed by atoms with van der Waals surface area (Å²) in [5.41, 5.74) is 6.60. The first kappa shape index (κ1) is 10.4. The fourth-order valence-electron chi connectivity index (χ4n) is 1.31. The van der Waals surface area contributed by atoms with E-state index >= 15 is 0 Å². The lowest BCUT2D eigenvalue weighted by Crippen LogP contribution is -2.49. The van der Waals surface area contributed by atoms with Gasteiger partial charge in [0, 0.05) is 4.47 Å². The molecule has 1 aromatic rings. The van der Waals surface area contributed by atoms with Crippen molar-refractivity contribution in [2.75, 3.05) is 0 Å². The van der Waals surface area contributed by atoms with Gasteiger partial charge in [-0.25, -0.2) is 4.99 Å². The molecular weight excluding hydrogens is 276 g/mol. The van der Waals surface area contributed by atoms with Crippen molar-refractivity contribution >= 4 is 39.2 Å². The number of rotatable bonds is 1. The maximum atomic E-state index is 5.59. The summed E-state index contributed by atoms with van der Waals surface area (Å²) < 4.78 is 1.00. The average molecular weight is 285 g/mol. The van der Waals surface area contributed by atoms with Crippen molar-refractivity contribution < 1.29 is 0 Å². The number of benzene rings is 1. The predicted octanol–water partition coefficient (Wildman–Crippen LogP) is 1.24. The molecule has 1 aromatic carbocycles. The highest BCUT2D eigenvalue weighted by molar-refractivity contribution is 9.10. The number of guanidine groups is 1. The molecule has 4 nitrogen and oxygen atoms in total. The van der Waals surface area contributed by atoms with Gasteiger partial charge in [0.05, 0.1) is 0 Å². The summed E-state index contributed by atoms with van der Waals surface area (Å²) in [6, 6.07) is 7.84. The number of aliphatic imine (C=N–C) groups is 1. The molecule has 0 saturated heterocycles. The minimum absolute atomic E-state index is 0.212. The minimum atomic E-state index is -0.212. The van der Waals surface area contributed by atoms with Gasteiger partial charge in [0.15, 0.2) is 11.1 Å². The Kier molecular flexibility index (Phi) is 2.88. The second-order valence-corrected chi connectivity index (χ2v) is 4.39. The maximum absolute atomic E-state index is 5.59. The topological polar surface area (TPSA) is 62.4 Å². The van der Waals surface area contributed by atoms with E-state index in [-0.39, 0.29) is 6.17 Å².